The first kappa shape index (κ1) is 18.4. The molecule has 1 aliphatic heterocycles. The summed E-state index contributed by atoms with van der Waals surface area (Å²) in [4.78, 5) is 38.5. The minimum atomic E-state index is -1.13. The van der Waals surface area contributed by atoms with Crippen molar-refractivity contribution in [3.8, 4) is 0 Å². The largest absolute Gasteiger partial charge is 0.478 e. The van der Waals surface area contributed by atoms with Crippen molar-refractivity contribution in [2.24, 2.45) is 0 Å². The van der Waals surface area contributed by atoms with Gasteiger partial charge in [0.1, 0.15) is 0 Å². The molecule has 1 fully saturated rings. The van der Waals surface area contributed by atoms with E-state index < -0.39 is 23.8 Å². The molecule has 28 heavy (non-hydrogen) atoms. The van der Waals surface area contributed by atoms with E-state index in [9.17, 15) is 19.5 Å². The van der Waals surface area contributed by atoms with Crippen LogP contribution in [-0.4, -0.2) is 40.5 Å². The van der Waals surface area contributed by atoms with Crippen LogP contribution in [-0.2, 0) is 4.74 Å². The van der Waals surface area contributed by atoms with Gasteiger partial charge in [-0.15, -0.1) is 0 Å². The van der Waals surface area contributed by atoms with Gasteiger partial charge in [-0.3, -0.25) is 14.5 Å². The number of fused-ring (bicyclic) bond motifs is 1. The smallest absolute Gasteiger partial charge is 0.335 e. The predicted octanol–water partition coefficient (Wildman–Crippen LogP) is 3.68. The standard InChI is InChI=1S/C22H21NO5/c24-20-17-11-10-15(22(26)27)12-18(17)21(25)23(20)19(14-6-2-1-3-7-14)13-28-16-8-4-5-9-16/h1-3,6-7,10-12,16,19H,4-5,8-9,13H2,(H,26,27)/t19-/m1/s1. The summed E-state index contributed by atoms with van der Waals surface area (Å²) in [5.41, 5.74) is 1.16. The van der Waals surface area contributed by atoms with Crippen molar-refractivity contribution in [3.05, 3.63) is 70.8 Å². The number of carboxylic acid groups (broad SMARTS) is 1. The van der Waals surface area contributed by atoms with E-state index in [-0.39, 0.29) is 29.4 Å². The van der Waals surface area contributed by atoms with Gasteiger partial charge in [-0.05, 0) is 36.6 Å². The lowest BCUT2D eigenvalue weighted by Gasteiger charge is -2.28. The minimum Gasteiger partial charge on any atom is -0.478 e. The number of rotatable bonds is 6. The molecule has 2 aliphatic rings. The lowest BCUT2D eigenvalue weighted by Crippen LogP contribution is -2.37. The molecule has 2 amide bonds. The molecule has 1 heterocycles. The van der Waals surface area contributed by atoms with Crippen molar-refractivity contribution >= 4 is 17.8 Å². The number of carboxylic acids is 1. The number of hydrogen-bond donors (Lipinski definition) is 1. The van der Waals surface area contributed by atoms with E-state index in [1.54, 1.807) is 0 Å². The highest BCUT2D eigenvalue weighted by Gasteiger charge is 2.41. The number of hydrogen-bond acceptors (Lipinski definition) is 4. The zero-order valence-electron chi connectivity index (χ0n) is 15.3. The molecule has 2 aromatic rings. The molecular weight excluding hydrogens is 358 g/mol. The fraction of sp³-hybridized carbons (Fsp3) is 0.318. The number of imide groups is 1. The highest BCUT2D eigenvalue weighted by molar-refractivity contribution is 6.22. The van der Waals surface area contributed by atoms with E-state index in [4.69, 9.17) is 4.74 Å². The maximum absolute atomic E-state index is 13.0. The molecule has 4 rings (SSSR count). The van der Waals surface area contributed by atoms with Crippen LogP contribution in [0.5, 0.6) is 0 Å². The summed E-state index contributed by atoms with van der Waals surface area (Å²) in [6.07, 6.45) is 4.40. The Labute approximate surface area is 162 Å². The van der Waals surface area contributed by atoms with Gasteiger partial charge < -0.3 is 9.84 Å². The first-order valence-corrected chi connectivity index (χ1v) is 9.48. The van der Waals surface area contributed by atoms with Crippen LogP contribution in [0.15, 0.2) is 48.5 Å². The average molecular weight is 379 g/mol. The summed E-state index contributed by atoms with van der Waals surface area (Å²) >= 11 is 0. The number of amides is 2. The van der Waals surface area contributed by atoms with Gasteiger partial charge in [0, 0.05) is 0 Å². The molecular formula is C22H21NO5. The predicted molar refractivity (Wildman–Crippen MR) is 101 cm³/mol. The van der Waals surface area contributed by atoms with Crippen molar-refractivity contribution < 1.29 is 24.2 Å². The van der Waals surface area contributed by atoms with Gasteiger partial charge in [0.2, 0.25) is 0 Å². The molecule has 6 nitrogen and oxygen atoms in total. The molecule has 0 spiro atoms. The summed E-state index contributed by atoms with van der Waals surface area (Å²) in [6, 6.07) is 12.8. The third kappa shape index (κ3) is 3.31. The van der Waals surface area contributed by atoms with E-state index in [2.05, 4.69) is 0 Å². The number of nitrogens with zero attached hydrogens (tertiary/aromatic N) is 1. The molecule has 1 saturated carbocycles. The van der Waals surface area contributed by atoms with Crippen LogP contribution in [0.4, 0.5) is 0 Å². The topological polar surface area (TPSA) is 83.9 Å². The molecule has 2 aromatic carbocycles. The van der Waals surface area contributed by atoms with Crippen molar-refractivity contribution in [2.45, 2.75) is 37.8 Å². The van der Waals surface area contributed by atoms with Gasteiger partial charge in [-0.2, -0.15) is 0 Å². The van der Waals surface area contributed by atoms with Crippen LogP contribution in [0, 0.1) is 0 Å². The molecule has 0 saturated heterocycles. The zero-order chi connectivity index (χ0) is 19.7. The fourth-order valence-electron chi connectivity index (χ4n) is 3.95. The van der Waals surface area contributed by atoms with E-state index in [0.29, 0.717) is 0 Å². The second-order valence-electron chi connectivity index (χ2n) is 7.21. The SMILES string of the molecule is O=C(O)c1ccc2c(c1)C(=O)N([C@H](COC1CCCC1)c1ccccc1)C2=O. The lowest BCUT2D eigenvalue weighted by atomic mass is 10.1. The number of carbonyl (C=O) groups is 3. The van der Waals surface area contributed by atoms with Crippen molar-refractivity contribution in [1.29, 1.82) is 0 Å². The maximum atomic E-state index is 13.0. The van der Waals surface area contributed by atoms with E-state index in [0.717, 1.165) is 31.2 Å². The Kier molecular flexibility index (Phi) is 4.96. The second-order valence-corrected chi connectivity index (χ2v) is 7.21. The number of aromatic carboxylic acids is 1. The molecule has 144 valence electrons. The zero-order valence-corrected chi connectivity index (χ0v) is 15.3. The first-order valence-electron chi connectivity index (χ1n) is 9.48. The maximum Gasteiger partial charge on any atom is 0.335 e. The van der Waals surface area contributed by atoms with Crippen molar-refractivity contribution in [1.82, 2.24) is 4.90 Å². The summed E-state index contributed by atoms with van der Waals surface area (Å²) in [5.74, 6) is -2.03. The van der Waals surface area contributed by atoms with Crippen LogP contribution < -0.4 is 0 Å². The number of benzene rings is 2. The van der Waals surface area contributed by atoms with Gasteiger partial charge in [0.15, 0.2) is 0 Å². The summed E-state index contributed by atoms with van der Waals surface area (Å²) in [6.45, 7) is 0.228. The Bertz CT molecular complexity index is 918. The first-order chi connectivity index (χ1) is 13.6. The summed E-state index contributed by atoms with van der Waals surface area (Å²) in [7, 11) is 0. The Hall–Kier alpha value is -2.99. The molecule has 1 atom stereocenters. The Morgan fingerprint density at radius 1 is 1.04 bits per heavy atom. The van der Waals surface area contributed by atoms with E-state index in [1.165, 1.54) is 23.1 Å². The Morgan fingerprint density at radius 3 is 2.39 bits per heavy atom. The number of ether oxygens (including phenoxy) is 1. The molecule has 0 unspecified atom stereocenters. The monoisotopic (exact) mass is 379 g/mol. The normalized spacial score (nSPS) is 17.8. The van der Waals surface area contributed by atoms with E-state index in [1.807, 2.05) is 30.3 Å². The number of carbonyl (C=O) groups excluding carboxylic acids is 2. The molecule has 6 heteroatoms. The highest BCUT2D eigenvalue weighted by atomic mass is 16.5. The van der Waals surface area contributed by atoms with E-state index >= 15 is 0 Å². The van der Waals surface area contributed by atoms with Gasteiger partial charge in [0.05, 0.1) is 35.4 Å². The molecule has 0 radical (unpaired) electrons. The Balaban J connectivity index is 1.66. The molecule has 1 N–H and O–H groups in total. The third-order valence-electron chi connectivity index (χ3n) is 5.45. The quantitative estimate of drug-likeness (QED) is 0.774. The van der Waals surface area contributed by atoms with Gasteiger partial charge >= 0.3 is 5.97 Å². The van der Waals surface area contributed by atoms with Crippen LogP contribution in [0.1, 0.15) is 68.4 Å². The fourth-order valence-corrected chi connectivity index (χ4v) is 3.95. The molecule has 1 aliphatic carbocycles. The second kappa shape index (κ2) is 7.56. The molecule has 0 bridgehead atoms. The summed E-state index contributed by atoms with van der Waals surface area (Å²) in [5, 5.41) is 9.20. The lowest BCUT2D eigenvalue weighted by molar-refractivity contribution is 0.0132. The van der Waals surface area contributed by atoms with Crippen molar-refractivity contribution in [3.63, 3.8) is 0 Å². The van der Waals surface area contributed by atoms with Crippen molar-refractivity contribution in [2.75, 3.05) is 6.61 Å². The minimum absolute atomic E-state index is 0.0137. The molecule has 0 aromatic heterocycles. The van der Waals surface area contributed by atoms with Crippen LogP contribution >= 0.6 is 0 Å². The van der Waals surface area contributed by atoms with Crippen LogP contribution in [0.3, 0.4) is 0 Å². The average Bonchev–Trinajstić information content (AvgIpc) is 3.31. The Morgan fingerprint density at radius 2 is 1.71 bits per heavy atom. The summed E-state index contributed by atoms with van der Waals surface area (Å²) < 4.78 is 6.05. The van der Waals surface area contributed by atoms with Gasteiger partial charge in [0.25, 0.3) is 11.8 Å². The van der Waals surface area contributed by atoms with Gasteiger partial charge in [-0.25, -0.2) is 4.79 Å². The van der Waals surface area contributed by atoms with Crippen LogP contribution in [0.2, 0.25) is 0 Å². The van der Waals surface area contributed by atoms with Crippen LogP contribution in [0.25, 0.3) is 0 Å². The van der Waals surface area contributed by atoms with Gasteiger partial charge in [-0.1, -0.05) is 43.2 Å². The highest BCUT2D eigenvalue weighted by Crippen LogP contribution is 2.33. The third-order valence-corrected chi connectivity index (χ3v) is 5.45.